The second-order valence-corrected chi connectivity index (χ2v) is 8.28. The molecule has 3 heteroatoms. The molecule has 0 aromatic rings. The van der Waals surface area contributed by atoms with Crippen molar-refractivity contribution in [2.45, 2.75) is 31.7 Å². The van der Waals surface area contributed by atoms with Crippen LogP contribution < -0.4 is 0 Å². The van der Waals surface area contributed by atoms with E-state index in [-0.39, 0.29) is 0 Å². The quantitative estimate of drug-likeness (QED) is 0.366. The summed E-state index contributed by atoms with van der Waals surface area (Å²) in [6, 6.07) is 0. The second-order valence-electron chi connectivity index (χ2n) is 3.58. The molecule has 0 spiro atoms. The van der Waals surface area contributed by atoms with Crippen LogP contribution in [0.15, 0.2) is 12.7 Å². The fourth-order valence-corrected chi connectivity index (χ4v) is 5.36. The zero-order valence-electron chi connectivity index (χ0n) is 7.87. The molecule has 0 saturated heterocycles. The van der Waals surface area contributed by atoms with E-state index >= 15 is 0 Å². The van der Waals surface area contributed by atoms with E-state index in [1.54, 1.807) is 0 Å². The van der Waals surface area contributed by atoms with Crippen LogP contribution in [0.3, 0.4) is 0 Å². The van der Waals surface area contributed by atoms with Crippen molar-refractivity contribution >= 4 is 32.0 Å². The average molecular weight is 224 g/mol. The molecule has 0 rings (SSSR count). The van der Waals surface area contributed by atoms with Gasteiger partial charge in [-0.15, -0.1) is 29.8 Å². The molecule has 12 heavy (non-hydrogen) atoms. The Balaban J connectivity index is 4.04. The molecule has 0 saturated carbocycles. The molecule has 0 aromatic heterocycles. The van der Waals surface area contributed by atoms with Crippen LogP contribution in [0.1, 0.15) is 26.7 Å². The fraction of sp³-hybridized carbons (Fsp3) is 0.778. The van der Waals surface area contributed by atoms with Gasteiger partial charge in [0.15, 0.2) is 0 Å². The zero-order chi connectivity index (χ0) is 9.61. The van der Waals surface area contributed by atoms with Crippen molar-refractivity contribution in [3.05, 3.63) is 12.7 Å². The van der Waals surface area contributed by atoms with E-state index in [4.69, 9.17) is 23.2 Å². The molecule has 0 fully saturated rings. The Morgan fingerprint density at radius 3 is 2.17 bits per heavy atom. The predicted molar refractivity (Wildman–Crippen MR) is 60.7 cm³/mol. The lowest BCUT2D eigenvalue weighted by atomic mass is 10.1. The van der Waals surface area contributed by atoms with Gasteiger partial charge >= 0.3 is 0 Å². The molecule has 0 bridgehead atoms. The van der Waals surface area contributed by atoms with E-state index in [2.05, 4.69) is 20.4 Å². The summed E-state index contributed by atoms with van der Waals surface area (Å²) in [5.41, 5.74) is 1.50. The van der Waals surface area contributed by atoms with Crippen molar-refractivity contribution in [3.8, 4) is 0 Å². The van der Waals surface area contributed by atoms with Gasteiger partial charge in [-0.3, -0.25) is 0 Å². The minimum Gasteiger partial charge on any atom is -0.130 e. The number of hydrogen-bond donors (Lipinski definition) is 0. The average Bonchev–Trinajstić information content (AvgIpc) is 2.03. The molecule has 71 valence electrons. The third-order valence-corrected chi connectivity index (χ3v) is 7.00. The minimum atomic E-state index is -0.589. The van der Waals surface area contributed by atoms with Crippen LogP contribution in [-0.4, -0.2) is 19.8 Å². The van der Waals surface area contributed by atoms with Gasteiger partial charge in [-0.2, -0.15) is 0 Å². The summed E-state index contributed by atoms with van der Waals surface area (Å²) in [5.74, 6) is 0. The van der Waals surface area contributed by atoms with Gasteiger partial charge < -0.3 is 0 Å². The maximum Gasteiger partial charge on any atom is 0.0891 e. The first-order chi connectivity index (χ1) is 5.58. The van der Waals surface area contributed by atoms with E-state index in [9.17, 15) is 0 Å². The summed E-state index contributed by atoms with van der Waals surface area (Å²) in [5, 5.41) is 0.336. The Kier molecular flexibility index (Phi) is 6.33. The SMILES string of the molecule is C=CCCC(C)(C)[Si](CCl)CCl. The third-order valence-electron chi connectivity index (χ3n) is 2.25. The van der Waals surface area contributed by atoms with E-state index < -0.39 is 8.80 Å². The van der Waals surface area contributed by atoms with E-state index in [0.29, 0.717) is 5.04 Å². The minimum absolute atomic E-state index is 0.336. The number of rotatable bonds is 6. The fourth-order valence-electron chi connectivity index (χ4n) is 1.04. The zero-order valence-corrected chi connectivity index (χ0v) is 10.4. The first-order valence-corrected chi connectivity index (χ1v) is 7.14. The van der Waals surface area contributed by atoms with Crippen LogP contribution in [0.25, 0.3) is 0 Å². The summed E-state index contributed by atoms with van der Waals surface area (Å²) in [6.45, 7) is 8.24. The van der Waals surface area contributed by atoms with Crippen molar-refractivity contribution in [3.63, 3.8) is 0 Å². The lowest BCUT2D eigenvalue weighted by Gasteiger charge is -2.29. The topological polar surface area (TPSA) is 0 Å². The van der Waals surface area contributed by atoms with Crippen LogP contribution >= 0.6 is 23.2 Å². The van der Waals surface area contributed by atoms with Crippen LogP contribution in [0, 0.1) is 0 Å². The Morgan fingerprint density at radius 2 is 1.83 bits per heavy atom. The third kappa shape index (κ3) is 3.97. The van der Waals surface area contributed by atoms with E-state index in [0.717, 1.165) is 23.8 Å². The molecule has 0 N–H and O–H groups in total. The summed E-state index contributed by atoms with van der Waals surface area (Å²) < 4.78 is 0. The van der Waals surface area contributed by atoms with Crippen molar-refractivity contribution in [1.82, 2.24) is 0 Å². The van der Waals surface area contributed by atoms with Gasteiger partial charge in [0.1, 0.15) is 0 Å². The van der Waals surface area contributed by atoms with E-state index in [1.807, 2.05) is 6.08 Å². The standard InChI is InChI=1S/C9H17Cl2Si/c1-4-5-6-9(2,3)12(7-10)8-11/h4H,1,5-8H2,2-3H3. The van der Waals surface area contributed by atoms with Crippen molar-refractivity contribution in [2.75, 3.05) is 11.0 Å². The number of allylic oxidation sites excluding steroid dienone is 1. The van der Waals surface area contributed by atoms with Crippen LogP contribution in [0.2, 0.25) is 5.04 Å². The highest BCUT2D eigenvalue weighted by molar-refractivity contribution is 6.75. The Morgan fingerprint density at radius 1 is 1.33 bits per heavy atom. The molecule has 0 aromatic carbocycles. The van der Waals surface area contributed by atoms with Gasteiger partial charge in [-0.05, 0) is 17.9 Å². The van der Waals surface area contributed by atoms with Crippen molar-refractivity contribution < 1.29 is 0 Å². The van der Waals surface area contributed by atoms with Gasteiger partial charge in [0.25, 0.3) is 0 Å². The normalized spacial score (nSPS) is 12.1. The number of halogens is 2. The van der Waals surface area contributed by atoms with Crippen molar-refractivity contribution in [2.24, 2.45) is 0 Å². The molecule has 0 aliphatic carbocycles. The smallest absolute Gasteiger partial charge is 0.0891 e. The first-order valence-electron chi connectivity index (χ1n) is 4.16. The second kappa shape index (κ2) is 6.06. The maximum absolute atomic E-state index is 5.87. The molecule has 0 heterocycles. The molecular formula is C9H17Cl2Si. The highest BCUT2D eigenvalue weighted by Crippen LogP contribution is 2.35. The van der Waals surface area contributed by atoms with Gasteiger partial charge in [-0.1, -0.05) is 19.9 Å². The van der Waals surface area contributed by atoms with Crippen LogP contribution in [0.4, 0.5) is 0 Å². The molecule has 1 radical (unpaired) electrons. The molecule has 0 unspecified atom stereocenters. The summed E-state index contributed by atoms with van der Waals surface area (Å²) >= 11 is 11.7. The Hall–Kier alpha value is 0.537. The maximum atomic E-state index is 5.87. The van der Waals surface area contributed by atoms with Gasteiger partial charge in [0.05, 0.1) is 8.80 Å². The van der Waals surface area contributed by atoms with Gasteiger partial charge in [0, 0.05) is 11.0 Å². The monoisotopic (exact) mass is 223 g/mol. The molecule has 0 nitrogen and oxygen atoms in total. The Labute approximate surface area is 87.6 Å². The van der Waals surface area contributed by atoms with Crippen molar-refractivity contribution in [1.29, 1.82) is 0 Å². The molecule has 0 aliphatic heterocycles. The lowest BCUT2D eigenvalue weighted by molar-refractivity contribution is 0.602. The molecule has 0 aliphatic rings. The lowest BCUT2D eigenvalue weighted by Crippen LogP contribution is -2.32. The van der Waals surface area contributed by atoms with Crippen LogP contribution in [0.5, 0.6) is 0 Å². The number of hydrogen-bond acceptors (Lipinski definition) is 0. The molecule has 0 amide bonds. The molecule has 0 atom stereocenters. The summed E-state index contributed by atoms with van der Waals surface area (Å²) in [4.78, 5) is 0. The summed E-state index contributed by atoms with van der Waals surface area (Å²) in [6.07, 6.45) is 4.18. The van der Waals surface area contributed by atoms with Gasteiger partial charge in [0.2, 0.25) is 0 Å². The largest absolute Gasteiger partial charge is 0.130 e. The highest BCUT2D eigenvalue weighted by atomic mass is 35.5. The number of alkyl halides is 2. The summed E-state index contributed by atoms with van der Waals surface area (Å²) in [7, 11) is -0.589. The highest BCUT2D eigenvalue weighted by Gasteiger charge is 2.28. The predicted octanol–water partition coefficient (Wildman–Crippen LogP) is 3.78. The van der Waals surface area contributed by atoms with Crippen LogP contribution in [-0.2, 0) is 0 Å². The Bertz CT molecular complexity index is 130. The van der Waals surface area contributed by atoms with E-state index in [1.165, 1.54) is 0 Å². The molecular weight excluding hydrogens is 207 g/mol. The first kappa shape index (κ1) is 12.5. The van der Waals surface area contributed by atoms with Gasteiger partial charge in [-0.25, -0.2) is 0 Å².